The van der Waals surface area contributed by atoms with E-state index in [2.05, 4.69) is 69.0 Å². The number of aromatic nitrogens is 2. The maximum absolute atomic E-state index is 4.82. The predicted molar refractivity (Wildman–Crippen MR) is 97.4 cm³/mol. The maximum Gasteiger partial charge on any atom is 0.0929 e. The van der Waals surface area contributed by atoms with Crippen molar-refractivity contribution >= 4 is 0 Å². The van der Waals surface area contributed by atoms with Crippen LogP contribution < -0.4 is 0 Å². The first kappa shape index (κ1) is 15.3. The summed E-state index contributed by atoms with van der Waals surface area (Å²) in [6, 6.07) is 19.1. The summed E-state index contributed by atoms with van der Waals surface area (Å²) >= 11 is 0. The van der Waals surface area contributed by atoms with Crippen LogP contribution in [0.5, 0.6) is 0 Å². The molecule has 0 fully saturated rings. The Balaban J connectivity index is 2.10. The lowest BCUT2D eigenvalue weighted by Crippen LogP contribution is -2.03. The van der Waals surface area contributed by atoms with Gasteiger partial charge in [0.25, 0.3) is 0 Å². The van der Waals surface area contributed by atoms with Gasteiger partial charge in [-0.2, -0.15) is 5.10 Å². The zero-order valence-corrected chi connectivity index (χ0v) is 14.0. The van der Waals surface area contributed by atoms with E-state index in [1.807, 2.05) is 17.7 Å². The molecule has 2 nitrogen and oxygen atoms in total. The van der Waals surface area contributed by atoms with Crippen LogP contribution in [0.4, 0.5) is 0 Å². The molecule has 2 heteroatoms. The average Bonchev–Trinajstić information content (AvgIpc) is 2.94. The Kier molecular flexibility index (Phi) is 4.16. The summed E-state index contributed by atoms with van der Waals surface area (Å²) in [7, 11) is 0. The molecule has 0 saturated carbocycles. The highest BCUT2D eigenvalue weighted by Crippen LogP contribution is 2.27. The molecule has 1 aromatic heterocycles. The van der Waals surface area contributed by atoms with Crippen LogP contribution in [0.1, 0.15) is 18.1 Å². The fraction of sp³-hybridized carbons (Fsp3) is 0.190. The second-order valence-electron chi connectivity index (χ2n) is 6.19. The quantitative estimate of drug-likeness (QED) is 0.589. The number of hydrogen-bond acceptors (Lipinski definition) is 1. The van der Waals surface area contributed by atoms with E-state index < -0.39 is 0 Å². The zero-order valence-electron chi connectivity index (χ0n) is 14.0. The van der Waals surface area contributed by atoms with Gasteiger partial charge in [0, 0.05) is 5.56 Å². The smallest absolute Gasteiger partial charge is 0.0929 e. The minimum Gasteiger partial charge on any atom is -0.260 e. The summed E-state index contributed by atoms with van der Waals surface area (Å²) in [4.78, 5) is 0. The predicted octanol–water partition coefficient (Wildman–Crippen LogP) is 5.41. The second kappa shape index (κ2) is 6.25. The normalized spacial score (nSPS) is 10.7. The van der Waals surface area contributed by atoms with E-state index in [1.54, 1.807) is 0 Å². The Morgan fingerprint density at radius 3 is 2.35 bits per heavy atom. The minimum absolute atomic E-state index is 0.731. The van der Waals surface area contributed by atoms with Gasteiger partial charge in [-0.3, -0.25) is 4.68 Å². The van der Waals surface area contributed by atoms with Gasteiger partial charge in [0.2, 0.25) is 0 Å². The third-order valence-corrected chi connectivity index (χ3v) is 4.07. The van der Waals surface area contributed by atoms with Crippen molar-refractivity contribution in [3.63, 3.8) is 0 Å². The summed E-state index contributed by atoms with van der Waals surface area (Å²) in [5.74, 6) is 0. The Bertz CT molecular complexity index is 842. The van der Waals surface area contributed by atoms with Gasteiger partial charge in [-0.25, -0.2) is 0 Å². The van der Waals surface area contributed by atoms with Crippen molar-refractivity contribution in [2.75, 3.05) is 0 Å². The van der Waals surface area contributed by atoms with Crippen LogP contribution in [-0.2, 0) is 6.54 Å². The summed E-state index contributed by atoms with van der Waals surface area (Å²) in [5, 5.41) is 4.82. The Morgan fingerprint density at radius 1 is 0.957 bits per heavy atom. The van der Waals surface area contributed by atoms with Gasteiger partial charge >= 0.3 is 0 Å². The number of rotatable bonds is 4. The van der Waals surface area contributed by atoms with E-state index in [1.165, 1.54) is 16.7 Å². The molecule has 0 radical (unpaired) electrons. The molecule has 0 unspecified atom stereocenters. The number of benzene rings is 2. The van der Waals surface area contributed by atoms with Crippen molar-refractivity contribution in [3.05, 3.63) is 77.9 Å². The largest absolute Gasteiger partial charge is 0.260 e. The first-order chi connectivity index (χ1) is 11.0. The minimum atomic E-state index is 0.731. The third-order valence-electron chi connectivity index (χ3n) is 4.07. The average molecular weight is 302 g/mol. The van der Waals surface area contributed by atoms with Gasteiger partial charge in [-0.1, -0.05) is 54.6 Å². The zero-order chi connectivity index (χ0) is 16.4. The maximum atomic E-state index is 4.82. The topological polar surface area (TPSA) is 17.8 Å². The Morgan fingerprint density at radius 2 is 1.70 bits per heavy atom. The van der Waals surface area contributed by atoms with Crippen LogP contribution in [0, 0.1) is 13.8 Å². The fourth-order valence-electron chi connectivity index (χ4n) is 2.68. The van der Waals surface area contributed by atoms with Gasteiger partial charge in [0.05, 0.1) is 17.9 Å². The molecule has 1 heterocycles. The molecular weight excluding hydrogens is 280 g/mol. The van der Waals surface area contributed by atoms with Crippen molar-refractivity contribution in [2.24, 2.45) is 0 Å². The SMILES string of the molecule is C=C(C)Cn1nc(-c2ccc(C)c(C)c2)cc1-c1ccccc1. The van der Waals surface area contributed by atoms with Gasteiger partial charge in [-0.15, -0.1) is 0 Å². The lowest BCUT2D eigenvalue weighted by atomic mass is 10.0. The van der Waals surface area contributed by atoms with Gasteiger partial charge in [0.1, 0.15) is 0 Å². The molecule has 0 aliphatic carbocycles. The molecule has 3 rings (SSSR count). The van der Waals surface area contributed by atoms with Crippen molar-refractivity contribution < 1.29 is 0 Å². The van der Waals surface area contributed by atoms with Crippen LogP contribution in [0.25, 0.3) is 22.5 Å². The van der Waals surface area contributed by atoms with E-state index in [-0.39, 0.29) is 0 Å². The van der Waals surface area contributed by atoms with E-state index in [0.717, 1.165) is 29.1 Å². The highest BCUT2D eigenvalue weighted by molar-refractivity contribution is 5.69. The van der Waals surface area contributed by atoms with Crippen molar-refractivity contribution in [3.8, 4) is 22.5 Å². The van der Waals surface area contributed by atoms with E-state index in [4.69, 9.17) is 5.10 Å². The van der Waals surface area contributed by atoms with Crippen LogP contribution in [0.2, 0.25) is 0 Å². The van der Waals surface area contributed by atoms with Crippen LogP contribution >= 0.6 is 0 Å². The Labute approximate surface area is 138 Å². The molecule has 2 aromatic carbocycles. The summed E-state index contributed by atoms with van der Waals surface area (Å²) in [6.07, 6.45) is 0. The lowest BCUT2D eigenvalue weighted by Gasteiger charge is -2.07. The number of aryl methyl sites for hydroxylation is 2. The van der Waals surface area contributed by atoms with Crippen molar-refractivity contribution in [2.45, 2.75) is 27.3 Å². The summed E-state index contributed by atoms with van der Waals surface area (Å²) < 4.78 is 2.04. The molecule has 0 saturated heterocycles. The van der Waals surface area contributed by atoms with Gasteiger partial charge in [0.15, 0.2) is 0 Å². The van der Waals surface area contributed by atoms with Crippen molar-refractivity contribution in [1.82, 2.24) is 9.78 Å². The molecular formula is C21H22N2. The van der Waals surface area contributed by atoms with E-state index in [0.29, 0.717) is 0 Å². The van der Waals surface area contributed by atoms with E-state index >= 15 is 0 Å². The van der Waals surface area contributed by atoms with Gasteiger partial charge < -0.3 is 0 Å². The lowest BCUT2D eigenvalue weighted by molar-refractivity contribution is 0.688. The van der Waals surface area contributed by atoms with Gasteiger partial charge in [-0.05, 0) is 49.6 Å². The number of hydrogen-bond donors (Lipinski definition) is 0. The number of allylic oxidation sites excluding steroid dienone is 1. The molecule has 23 heavy (non-hydrogen) atoms. The molecule has 0 aliphatic heterocycles. The van der Waals surface area contributed by atoms with Crippen LogP contribution in [0.3, 0.4) is 0 Å². The molecule has 116 valence electrons. The molecule has 0 bridgehead atoms. The molecule has 0 amide bonds. The standard InChI is InChI=1S/C21H22N2/c1-15(2)14-23-21(18-8-6-5-7-9-18)13-20(22-23)19-11-10-16(3)17(4)12-19/h5-13H,1,14H2,2-4H3. The highest BCUT2D eigenvalue weighted by atomic mass is 15.3. The molecule has 0 N–H and O–H groups in total. The number of nitrogens with zero attached hydrogens (tertiary/aromatic N) is 2. The summed E-state index contributed by atoms with van der Waals surface area (Å²) in [6.45, 7) is 11.1. The Hall–Kier alpha value is -2.61. The second-order valence-corrected chi connectivity index (χ2v) is 6.19. The monoisotopic (exact) mass is 302 g/mol. The first-order valence-corrected chi connectivity index (χ1v) is 7.90. The molecule has 0 aliphatic rings. The molecule has 3 aromatic rings. The fourth-order valence-corrected chi connectivity index (χ4v) is 2.68. The molecule has 0 atom stereocenters. The van der Waals surface area contributed by atoms with Crippen LogP contribution in [0.15, 0.2) is 66.7 Å². The third kappa shape index (κ3) is 3.26. The first-order valence-electron chi connectivity index (χ1n) is 7.90. The van der Waals surface area contributed by atoms with Crippen LogP contribution in [-0.4, -0.2) is 9.78 Å². The summed E-state index contributed by atoms with van der Waals surface area (Å²) in [5.41, 5.74) is 8.16. The van der Waals surface area contributed by atoms with E-state index in [9.17, 15) is 0 Å². The molecule has 0 spiro atoms. The van der Waals surface area contributed by atoms with Crippen molar-refractivity contribution in [1.29, 1.82) is 0 Å². The highest BCUT2D eigenvalue weighted by Gasteiger charge is 2.12.